The number of hydrogen-bond donors (Lipinski definition) is 5. The Balaban J connectivity index is 1.72. The maximum absolute atomic E-state index is 13.9. The zero-order valence-corrected chi connectivity index (χ0v) is 21.5. The van der Waals surface area contributed by atoms with Crippen LogP contribution in [0.3, 0.4) is 0 Å². The Labute approximate surface area is 219 Å². The number of amides is 1. The maximum Gasteiger partial charge on any atom is 0.255 e. The Morgan fingerprint density at radius 1 is 1.05 bits per heavy atom. The molecule has 5 atom stereocenters. The first-order valence-electron chi connectivity index (χ1n) is 12.4. The molecule has 0 unspecified atom stereocenters. The molecule has 0 spiro atoms. The molecular formula is C29H30N2O7. The number of nitrogens with two attached hydrogens (primary N) is 1. The lowest BCUT2D eigenvalue weighted by molar-refractivity contribution is -0.148. The molecule has 0 radical (unpaired) electrons. The normalized spacial score (nSPS) is 28.8. The van der Waals surface area contributed by atoms with E-state index >= 15 is 0 Å². The summed E-state index contributed by atoms with van der Waals surface area (Å²) in [5.74, 6) is -6.98. The number of aryl methyl sites for hydroxylation is 1. The first kappa shape index (κ1) is 25.7. The van der Waals surface area contributed by atoms with Gasteiger partial charge in [0.2, 0.25) is 5.78 Å². The van der Waals surface area contributed by atoms with Crippen molar-refractivity contribution in [3.8, 4) is 16.9 Å². The van der Waals surface area contributed by atoms with E-state index < -0.39 is 58.0 Å². The second-order valence-corrected chi connectivity index (χ2v) is 10.7. The van der Waals surface area contributed by atoms with Crippen molar-refractivity contribution < 1.29 is 34.8 Å². The molecule has 3 aliphatic rings. The minimum absolute atomic E-state index is 0.00337. The van der Waals surface area contributed by atoms with E-state index in [-0.39, 0.29) is 29.2 Å². The molecule has 2 aromatic rings. The lowest BCUT2D eigenvalue weighted by Crippen LogP contribution is -2.64. The number of hydrogen-bond acceptors (Lipinski definition) is 8. The molecule has 5 rings (SSSR count). The Morgan fingerprint density at radius 3 is 2.26 bits per heavy atom. The Morgan fingerprint density at radius 2 is 1.68 bits per heavy atom. The average molecular weight is 519 g/mol. The van der Waals surface area contributed by atoms with Crippen LogP contribution in [0.15, 0.2) is 59.1 Å². The van der Waals surface area contributed by atoms with Crippen molar-refractivity contribution in [2.45, 2.75) is 37.8 Å². The van der Waals surface area contributed by atoms with Crippen molar-refractivity contribution in [3.05, 3.63) is 75.8 Å². The van der Waals surface area contributed by atoms with Crippen molar-refractivity contribution in [1.29, 1.82) is 0 Å². The molecule has 3 aliphatic carbocycles. The average Bonchev–Trinajstić information content (AvgIpc) is 2.84. The van der Waals surface area contributed by atoms with E-state index in [1.807, 2.05) is 38.1 Å². The molecule has 9 heteroatoms. The van der Waals surface area contributed by atoms with E-state index in [1.54, 1.807) is 26.2 Å². The summed E-state index contributed by atoms with van der Waals surface area (Å²) in [7, 11) is 3.20. The number of aliphatic hydroxyl groups is 3. The van der Waals surface area contributed by atoms with Gasteiger partial charge in [0.15, 0.2) is 11.4 Å². The highest BCUT2D eigenvalue weighted by Gasteiger charge is 2.63. The van der Waals surface area contributed by atoms with Crippen LogP contribution in [-0.2, 0) is 9.59 Å². The number of carbonyl (C=O) groups is 3. The van der Waals surface area contributed by atoms with Gasteiger partial charge >= 0.3 is 0 Å². The van der Waals surface area contributed by atoms with Gasteiger partial charge in [0, 0.05) is 17.1 Å². The van der Waals surface area contributed by atoms with E-state index in [0.717, 1.165) is 5.56 Å². The largest absolute Gasteiger partial charge is 0.510 e. The molecule has 0 bridgehead atoms. The number of fused-ring (bicyclic) bond motifs is 3. The van der Waals surface area contributed by atoms with Crippen molar-refractivity contribution in [2.75, 3.05) is 14.1 Å². The minimum atomic E-state index is -2.66. The van der Waals surface area contributed by atoms with Crippen LogP contribution in [0.5, 0.6) is 5.75 Å². The van der Waals surface area contributed by atoms with Crippen LogP contribution in [0.1, 0.15) is 40.7 Å². The number of rotatable bonds is 3. The second-order valence-electron chi connectivity index (χ2n) is 10.7. The van der Waals surface area contributed by atoms with Gasteiger partial charge < -0.3 is 26.2 Å². The molecule has 0 fully saturated rings. The number of aromatic hydroxyl groups is 1. The number of allylic oxidation sites excluding steroid dienone is 1. The van der Waals surface area contributed by atoms with Crippen molar-refractivity contribution in [2.24, 2.45) is 17.6 Å². The summed E-state index contributed by atoms with van der Waals surface area (Å²) < 4.78 is 0. The van der Waals surface area contributed by atoms with E-state index in [2.05, 4.69) is 0 Å². The van der Waals surface area contributed by atoms with Crippen LogP contribution in [0.4, 0.5) is 0 Å². The molecule has 1 amide bonds. The highest BCUT2D eigenvalue weighted by Crippen LogP contribution is 2.56. The van der Waals surface area contributed by atoms with Gasteiger partial charge in [0.25, 0.3) is 5.91 Å². The molecule has 38 heavy (non-hydrogen) atoms. The zero-order chi connectivity index (χ0) is 27.8. The predicted octanol–water partition coefficient (Wildman–Crippen LogP) is 2.66. The smallest absolute Gasteiger partial charge is 0.255 e. The van der Waals surface area contributed by atoms with Crippen LogP contribution in [0.25, 0.3) is 11.1 Å². The number of primary amides is 1. The first-order chi connectivity index (χ1) is 17.8. The lowest BCUT2D eigenvalue weighted by Gasteiger charge is -2.51. The van der Waals surface area contributed by atoms with Gasteiger partial charge in [0.05, 0.1) is 11.6 Å². The van der Waals surface area contributed by atoms with Gasteiger partial charge in [-0.2, -0.15) is 0 Å². The van der Waals surface area contributed by atoms with Crippen LogP contribution in [0, 0.1) is 18.8 Å². The number of Topliss-reactive ketones (excluding diaryl/α,β-unsaturated/α-hetero) is 2. The summed E-state index contributed by atoms with van der Waals surface area (Å²) in [4.78, 5) is 41.0. The number of aliphatic hydroxyl groups excluding tert-OH is 2. The summed E-state index contributed by atoms with van der Waals surface area (Å²) >= 11 is 0. The van der Waals surface area contributed by atoms with Crippen LogP contribution in [0.2, 0.25) is 0 Å². The van der Waals surface area contributed by atoms with E-state index in [0.29, 0.717) is 16.7 Å². The molecular weight excluding hydrogens is 488 g/mol. The highest BCUT2D eigenvalue weighted by molar-refractivity contribution is 6.25. The molecule has 2 aromatic carbocycles. The first-order valence-corrected chi connectivity index (χ1v) is 12.4. The minimum Gasteiger partial charge on any atom is -0.510 e. The quantitative estimate of drug-likeness (QED) is 0.388. The Kier molecular flexibility index (Phi) is 5.77. The van der Waals surface area contributed by atoms with Crippen molar-refractivity contribution in [3.63, 3.8) is 0 Å². The molecule has 198 valence electrons. The molecule has 0 saturated heterocycles. The van der Waals surface area contributed by atoms with Crippen LogP contribution >= 0.6 is 0 Å². The Hall–Kier alpha value is -3.95. The number of phenols is 1. The number of carbonyl (C=O) groups excluding carboxylic acids is 3. The van der Waals surface area contributed by atoms with Gasteiger partial charge in [-0.1, -0.05) is 48.9 Å². The molecule has 0 saturated carbocycles. The number of ketones is 2. The van der Waals surface area contributed by atoms with Gasteiger partial charge in [-0.25, -0.2) is 0 Å². The third-order valence-corrected chi connectivity index (χ3v) is 8.46. The fourth-order valence-corrected chi connectivity index (χ4v) is 6.51. The predicted molar refractivity (Wildman–Crippen MR) is 139 cm³/mol. The number of nitrogens with zero attached hydrogens (tertiary/aromatic N) is 1. The summed E-state index contributed by atoms with van der Waals surface area (Å²) in [5.41, 5.74) is 4.46. The van der Waals surface area contributed by atoms with Gasteiger partial charge in [-0.15, -0.1) is 0 Å². The number of phenolic OH excluding ortho intramolecular Hbond substituents is 1. The van der Waals surface area contributed by atoms with E-state index in [9.17, 15) is 34.8 Å². The lowest BCUT2D eigenvalue weighted by atomic mass is 9.56. The van der Waals surface area contributed by atoms with Gasteiger partial charge in [-0.05, 0) is 50.4 Å². The second kappa shape index (κ2) is 8.54. The maximum atomic E-state index is 13.9. The molecule has 9 nitrogen and oxygen atoms in total. The third-order valence-electron chi connectivity index (χ3n) is 8.46. The van der Waals surface area contributed by atoms with E-state index in [1.165, 1.54) is 4.90 Å². The highest BCUT2D eigenvalue weighted by atomic mass is 16.3. The summed E-state index contributed by atoms with van der Waals surface area (Å²) in [5, 5.41) is 45.3. The zero-order valence-electron chi connectivity index (χ0n) is 21.5. The fourth-order valence-electron chi connectivity index (χ4n) is 6.51. The van der Waals surface area contributed by atoms with Crippen LogP contribution < -0.4 is 5.73 Å². The SMILES string of the molecule is Cc1ccc(-c2ccc3c(c2O)C(=O)C2=C(O)[C@]4(O)C(=O)C(C(N)=O)=C(O)[C@@H](N(C)C)[C@@H]4C[C@@H]2[C@H]3C)cc1. The monoisotopic (exact) mass is 518 g/mol. The molecule has 6 N–H and O–H groups in total. The summed E-state index contributed by atoms with van der Waals surface area (Å²) in [6, 6.07) is 9.92. The van der Waals surface area contributed by atoms with Gasteiger partial charge in [-0.3, -0.25) is 19.3 Å². The number of likely N-dealkylation sites (N-methyl/N-ethyl adjacent to an activating group) is 1. The van der Waals surface area contributed by atoms with Crippen LogP contribution in [-0.4, -0.2) is 68.5 Å². The van der Waals surface area contributed by atoms with Crippen molar-refractivity contribution >= 4 is 17.5 Å². The third kappa shape index (κ3) is 3.28. The Bertz CT molecular complexity index is 1470. The summed E-state index contributed by atoms with van der Waals surface area (Å²) in [6.07, 6.45) is 0.0490. The topological polar surface area (TPSA) is 161 Å². The molecule has 0 aromatic heterocycles. The standard InChI is InChI=1S/C29H30N2O7/c1-12-5-7-14(8-6-12)16-10-9-15-13(2)17-11-18-22(31(3)4)25(34)21(28(30)37)27(36)29(18,38)26(35)20(17)24(33)19(15)23(16)32/h5-10,13,17-18,22,32,34-35,38H,11H2,1-4H3,(H2,30,37)/t13-,17+,18-,22-,29-/m0/s1. The number of benzene rings is 2. The molecule has 0 aliphatic heterocycles. The fraction of sp³-hybridized carbons (Fsp3) is 0.345. The molecule has 0 heterocycles. The summed E-state index contributed by atoms with van der Waals surface area (Å²) in [6.45, 7) is 3.78. The van der Waals surface area contributed by atoms with Crippen molar-refractivity contribution in [1.82, 2.24) is 4.90 Å². The van der Waals surface area contributed by atoms with Gasteiger partial charge in [0.1, 0.15) is 22.8 Å². The van der Waals surface area contributed by atoms with E-state index in [4.69, 9.17) is 5.73 Å².